The maximum Gasteiger partial charge on any atom is 0.0991 e. The van der Waals surface area contributed by atoms with Gasteiger partial charge in [-0.15, -0.1) is 0 Å². The molecule has 0 amide bonds. The molecular weight excluding hydrogens is 174 g/mol. The number of ether oxygens (including phenoxy) is 1. The third kappa shape index (κ3) is 1.78. The van der Waals surface area contributed by atoms with Gasteiger partial charge in [0, 0.05) is 13.5 Å². The van der Waals surface area contributed by atoms with Gasteiger partial charge >= 0.3 is 0 Å². The van der Waals surface area contributed by atoms with E-state index in [2.05, 4.69) is 6.07 Å². The van der Waals surface area contributed by atoms with E-state index in [4.69, 9.17) is 10.00 Å². The maximum atomic E-state index is 8.64. The Kier molecular flexibility index (Phi) is 2.26. The lowest BCUT2D eigenvalue weighted by Gasteiger charge is -2.12. The highest BCUT2D eigenvalue weighted by Gasteiger charge is 2.42. The topological polar surface area (TPSA) is 33.0 Å². The van der Waals surface area contributed by atoms with Crippen molar-refractivity contribution >= 4 is 0 Å². The Bertz CT molecular complexity index is 357. The first kappa shape index (κ1) is 9.23. The molecule has 1 aliphatic carbocycles. The number of hydrogen-bond donors (Lipinski definition) is 0. The van der Waals surface area contributed by atoms with Crippen LogP contribution in [-0.2, 0) is 11.2 Å². The van der Waals surface area contributed by atoms with Crippen LogP contribution in [0, 0.1) is 11.3 Å². The molecule has 0 unspecified atom stereocenters. The van der Waals surface area contributed by atoms with Gasteiger partial charge in [0.2, 0.25) is 0 Å². The molecule has 0 radical (unpaired) electrons. The van der Waals surface area contributed by atoms with E-state index in [0.717, 1.165) is 24.8 Å². The number of hydrogen-bond acceptors (Lipinski definition) is 2. The van der Waals surface area contributed by atoms with Crippen molar-refractivity contribution in [3.8, 4) is 6.07 Å². The average Bonchev–Trinajstić information content (AvgIpc) is 3.00. The van der Waals surface area contributed by atoms with Crippen molar-refractivity contribution in [1.82, 2.24) is 0 Å². The maximum absolute atomic E-state index is 8.64. The van der Waals surface area contributed by atoms with Gasteiger partial charge in [0.25, 0.3) is 0 Å². The molecule has 0 bridgehead atoms. The predicted molar refractivity (Wildman–Crippen MR) is 53.8 cm³/mol. The normalized spacial score (nSPS) is 17.4. The fraction of sp³-hybridized carbons (Fsp3) is 0.417. The largest absolute Gasteiger partial charge is 0.378 e. The molecule has 0 heterocycles. The van der Waals surface area contributed by atoms with Crippen molar-refractivity contribution in [2.75, 3.05) is 7.11 Å². The first-order valence-electron chi connectivity index (χ1n) is 4.82. The quantitative estimate of drug-likeness (QED) is 0.727. The summed E-state index contributed by atoms with van der Waals surface area (Å²) in [5, 5.41) is 8.64. The number of nitrogens with zero attached hydrogens (tertiary/aromatic N) is 1. The van der Waals surface area contributed by atoms with E-state index >= 15 is 0 Å². The number of benzene rings is 1. The SMILES string of the molecule is COC1(Cc2ccc(C#N)cc2)CC1. The van der Waals surface area contributed by atoms with Crippen molar-refractivity contribution < 1.29 is 4.74 Å². The standard InChI is InChI=1S/C12H13NO/c1-14-12(6-7-12)8-10-2-4-11(9-13)5-3-10/h2-5H,6-8H2,1H3. The molecule has 0 aromatic heterocycles. The summed E-state index contributed by atoms with van der Waals surface area (Å²) >= 11 is 0. The Balaban J connectivity index is 2.08. The van der Waals surface area contributed by atoms with Crippen LogP contribution >= 0.6 is 0 Å². The van der Waals surface area contributed by atoms with Crippen LogP contribution < -0.4 is 0 Å². The molecule has 72 valence electrons. The minimum Gasteiger partial charge on any atom is -0.378 e. The molecule has 0 saturated heterocycles. The zero-order valence-electron chi connectivity index (χ0n) is 8.29. The van der Waals surface area contributed by atoms with Gasteiger partial charge in [-0.25, -0.2) is 0 Å². The lowest BCUT2D eigenvalue weighted by molar-refractivity contribution is 0.0807. The van der Waals surface area contributed by atoms with Crippen molar-refractivity contribution in [2.45, 2.75) is 24.9 Å². The molecule has 0 atom stereocenters. The smallest absolute Gasteiger partial charge is 0.0991 e. The molecule has 0 N–H and O–H groups in total. The first-order valence-corrected chi connectivity index (χ1v) is 4.82. The predicted octanol–water partition coefficient (Wildman–Crippen LogP) is 2.28. The van der Waals surface area contributed by atoms with E-state index in [1.165, 1.54) is 5.56 Å². The first-order chi connectivity index (χ1) is 6.78. The Morgan fingerprint density at radius 2 is 2.00 bits per heavy atom. The van der Waals surface area contributed by atoms with Gasteiger partial charge < -0.3 is 4.74 Å². The van der Waals surface area contributed by atoms with Crippen LogP contribution in [0.15, 0.2) is 24.3 Å². The van der Waals surface area contributed by atoms with Crippen molar-refractivity contribution in [3.05, 3.63) is 35.4 Å². The van der Waals surface area contributed by atoms with Crippen molar-refractivity contribution in [1.29, 1.82) is 5.26 Å². The molecule has 1 aliphatic rings. The van der Waals surface area contributed by atoms with Gasteiger partial charge in [-0.05, 0) is 30.5 Å². The summed E-state index contributed by atoms with van der Waals surface area (Å²) in [6.07, 6.45) is 3.28. The van der Waals surface area contributed by atoms with Crippen molar-refractivity contribution in [3.63, 3.8) is 0 Å². The molecule has 14 heavy (non-hydrogen) atoms. The molecule has 2 nitrogen and oxygen atoms in total. The van der Waals surface area contributed by atoms with E-state index in [9.17, 15) is 0 Å². The average molecular weight is 187 g/mol. The third-order valence-electron chi connectivity index (χ3n) is 2.85. The van der Waals surface area contributed by atoms with Crippen molar-refractivity contribution in [2.24, 2.45) is 0 Å². The van der Waals surface area contributed by atoms with E-state index in [0.29, 0.717) is 0 Å². The van der Waals surface area contributed by atoms with E-state index < -0.39 is 0 Å². The summed E-state index contributed by atoms with van der Waals surface area (Å²) in [5.41, 5.74) is 2.08. The molecule has 0 spiro atoms. The number of methoxy groups -OCH3 is 1. The molecule has 2 heteroatoms. The summed E-state index contributed by atoms with van der Waals surface area (Å²) in [6, 6.07) is 9.86. The second-order valence-electron chi connectivity index (χ2n) is 3.87. The second kappa shape index (κ2) is 3.43. The zero-order chi connectivity index (χ0) is 10.0. The summed E-state index contributed by atoms with van der Waals surface area (Å²) in [5.74, 6) is 0. The van der Waals surface area contributed by atoms with Crippen LogP contribution in [0.1, 0.15) is 24.0 Å². The van der Waals surface area contributed by atoms with E-state index in [-0.39, 0.29) is 5.60 Å². The zero-order valence-corrected chi connectivity index (χ0v) is 8.29. The summed E-state index contributed by atoms with van der Waals surface area (Å²) < 4.78 is 5.44. The van der Waals surface area contributed by atoms with Gasteiger partial charge in [0.15, 0.2) is 0 Å². The molecule has 1 aromatic carbocycles. The third-order valence-corrected chi connectivity index (χ3v) is 2.85. The highest BCUT2D eigenvalue weighted by atomic mass is 16.5. The molecule has 2 rings (SSSR count). The fourth-order valence-electron chi connectivity index (χ4n) is 1.66. The second-order valence-corrected chi connectivity index (χ2v) is 3.87. The van der Waals surface area contributed by atoms with Crippen LogP contribution in [0.3, 0.4) is 0 Å². The lowest BCUT2D eigenvalue weighted by atomic mass is 10.1. The Hall–Kier alpha value is -1.33. The Morgan fingerprint density at radius 1 is 1.36 bits per heavy atom. The highest BCUT2D eigenvalue weighted by Crippen LogP contribution is 2.41. The van der Waals surface area contributed by atoms with Crippen LogP contribution in [0.25, 0.3) is 0 Å². The number of nitriles is 1. The monoisotopic (exact) mass is 187 g/mol. The van der Waals surface area contributed by atoms with E-state index in [1.54, 1.807) is 7.11 Å². The number of rotatable bonds is 3. The van der Waals surface area contributed by atoms with Gasteiger partial charge in [-0.1, -0.05) is 12.1 Å². The van der Waals surface area contributed by atoms with Crippen LogP contribution in [-0.4, -0.2) is 12.7 Å². The van der Waals surface area contributed by atoms with Crippen LogP contribution in [0.5, 0.6) is 0 Å². The molecule has 1 aromatic rings. The molecule has 0 aliphatic heterocycles. The summed E-state index contributed by atoms with van der Waals surface area (Å²) in [7, 11) is 1.77. The lowest BCUT2D eigenvalue weighted by Crippen LogP contribution is -2.14. The minimum absolute atomic E-state index is 0.105. The Morgan fingerprint density at radius 3 is 2.43 bits per heavy atom. The molecule has 1 saturated carbocycles. The summed E-state index contributed by atoms with van der Waals surface area (Å²) in [6.45, 7) is 0. The Labute approximate surface area is 84.1 Å². The highest BCUT2D eigenvalue weighted by molar-refractivity contribution is 5.32. The summed E-state index contributed by atoms with van der Waals surface area (Å²) in [4.78, 5) is 0. The molecule has 1 fully saturated rings. The molecular formula is C12H13NO. The van der Waals surface area contributed by atoms with Gasteiger partial charge in [0.05, 0.1) is 17.2 Å². The van der Waals surface area contributed by atoms with Crippen LogP contribution in [0.4, 0.5) is 0 Å². The van der Waals surface area contributed by atoms with Gasteiger partial charge in [-0.2, -0.15) is 5.26 Å². The van der Waals surface area contributed by atoms with E-state index in [1.807, 2.05) is 24.3 Å². The van der Waals surface area contributed by atoms with Crippen LogP contribution in [0.2, 0.25) is 0 Å². The minimum atomic E-state index is 0.105. The van der Waals surface area contributed by atoms with Gasteiger partial charge in [-0.3, -0.25) is 0 Å². The van der Waals surface area contributed by atoms with Gasteiger partial charge in [0.1, 0.15) is 0 Å². The fourth-order valence-corrected chi connectivity index (χ4v) is 1.66.